The Morgan fingerprint density at radius 3 is 2.48 bits per heavy atom. The standard InChI is InChI=1S/C15H28N4O2/c1-11(2)13-10-17-5-8-19(13)14(20)9-12-3-6-18(7-4-12)15(16)21/h11-13,17H,3-10H2,1-2H3,(H2,16,21)/t13-/m1/s1. The minimum absolute atomic E-state index is 0.271. The van der Waals surface area contributed by atoms with E-state index in [2.05, 4.69) is 24.1 Å². The molecule has 0 aromatic carbocycles. The van der Waals surface area contributed by atoms with Crippen molar-refractivity contribution in [3.63, 3.8) is 0 Å². The molecule has 0 aliphatic carbocycles. The topological polar surface area (TPSA) is 78.7 Å². The molecule has 0 bridgehead atoms. The highest BCUT2D eigenvalue weighted by atomic mass is 16.2. The summed E-state index contributed by atoms with van der Waals surface area (Å²) in [4.78, 5) is 27.4. The highest BCUT2D eigenvalue weighted by molar-refractivity contribution is 5.77. The van der Waals surface area contributed by atoms with E-state index in [4.69, 9.17) is 5.73 Å². The van der Waals surface area contributed by atoms with Gasteiger partial charge in [0, 0.05) is 45.2 Å². The van der Waals surface area contributed by atoms with Crippen LogP contribution < -0.4 is 11.1 Å². The third-order valence-electron chi connectivity index (χ3n) is 4.76. The molecule has 3 N–H and O–H groups in total. The fourth-order valence-corrected chi connectivity index (χ4v) is 3.35. The van der Waals surface area contributed by atoms with Crippen LogP contribution in [0.1, 0.15) is 33.1 Å². The van der Waals surface area contributed by atoms with E-state index in [1.807, 2.05) is 0 Å². The molecule has 2 aliphatic rings. The first-order valence-electron chi connectivity index (χ1n) is 8.03. The van der Waals surface area contributed by atoms with Crippen LogP contribution in [-0.2, 0) is 4.79 Å². The summed E-state index contributed by atoms with van der Waals surface area (Å²) < 4.78 is 0. The lowest BCUT2D eigenvalue weighted by Gasteiger charge is -2.40. The summed E-state index contributed by atoms with van der Waals surface area (Å²) in [5.41, 5.74) is 5.29. The number of amides is 3. The number of nitrogens with one attached hydrogen (secondary N) is 1. The van der Waals surface area contributed by atoms with Gasteiger partial charge in [0.15, 0.2) is 0 Å². The van der Waals surface area contributed by atoms with Gasteiger partial charge in [-0.2, -0.15) is 0 Å². The Hall–Kier alpha value is -1.30. The smallest absolute Gasteiger partial charge is 0.314 e. The maximum absolute atomic E-state index is 12.6. The predicted molar refractivity (Wildman–Crippen MR) is 81.7 cm³/mol. The third-order valence-corrected chi connectivity index (χ3v) is 4.76. The first kappa shape index (κ1) is 16.1. The van der Waals surface area contributed by atoms with Gasteiger partial charge in [0.05, 0.1) is 0 Å². The molecule has 0 unspecified atom stereocenters. The Morgan fingerprint density at radius 2 is 1.90 bits per heavy atom. The van der Waals surface area contributed by atoms with Gasteiger partial charge in [-0.3, -0.25) is 4.79 Å². The summed E-state index contributed by atoms with van der Waals surface area (Å²) in [7, 11) is 0. The van der Waals surface area contributed by atoms with Gasteiger partial charge >= 0.3 is 6.03 Å². The van der Waals surface area contributed by atoms with Gasteiger partial charge in [-0.1, -0.05) is 13.8 Å². The molecule has 3 amide bonds. The number of carbonyl (C=O) groups is 2. The molecular formula is C15H28N4O2. The van der Waals surface area contributed by atoms with Crippen molar-refractivity contribution < 1.29 is 9.59 Å². The zero-order valence-corrected chi connectivity index (χ0v) is 13.2. The minimum atomic E-state index is -0.346. The Morgan fingerprint density at radius 1 is 1.24 bits per heavy atom. The maximum atomic E-state index is 12.6. The zero-order chi connectivity index (χ0) is 15.4. The number of hydrogen-bond acceptors (Lipinski definition) is 3. The van der Waals surface area contributed by atoms with E-state index in [9.17, 15) is 9.59 Å². The van der Waals surface area contributed by atoms with Crippen LogP contribution in [0, 0.1) is 11.8 Å². The Kier molecular flexibility index (Phi) is 5.45. The van der Waals surface area contributed by atoms with E-state index in [-0.39, 0.29) is 11.9 Å². The number of hydrogen-bond donors (Lipinski definition) is 2. The van der Waals surface area contributed by atoms with E-state index in [1.165, 1.54) is 0 Å². The molecule has 2 saturated heterocycles. The van der Waals surface area contributed by atoms with E-state index in [0.717, 1.165) is 32.5 Å². The van der Waals surface area contributed by atoms with E-state index in [0.29, 0.717) is 37.4 Å². The quantitative estimate of drug-likeness (QED) is 0.801. The predicted octanol–water partition coefficient (Wildman–Crippen LogP) is 0.624. The van der Waals surface area contributed by atoms with Gasteiger partial charge in [0.2, 0.25) is 5.91 Å². The second-order valence-corrected chi connectivity index (χ2v) is 6.58. The minimum Gasteiger partial charge on any atom is -0.351 e. The molecular weight excluding hydrogens is 268 g/mol. The van der Waals surface area contributed by atoms with Crippen LogP contribution >= 0.6 is 0 Å². The number of rotatable bonds is 3. The number of primary amides is 1. The van der Waals surface area contributed by atoms with Crippen LogP contribution in [-0.4, -0.2) is 60.5 Å². The van der Waals surface area contributed by atoms with Crippen LogP contribution in [0.25, 0.3) is 0 Å². The molecule has 2 heterocycles. The Bertz CT molecular complexity index is 378. The van der Waals surface area contributed by atoms with E-state index in [1.54, 1.807) is 4.90 Å². The molecule has 0 saturated carbocycles. The number of carbonyl (C=O) groups excluding carboxylic acids is 2. The molecule has 0 radical (unpaired) electrons. The van der Waals surface area contributed by atoms with Crippen LogP contribution in [0.4, 0.5) is 4.79 Å². The first-order valence-corrected chi connectivity index (χ1v) is 8.03. The second kappa shape index (κ2) is 7.11. The van der Waals surface area contributed by atoms with Crippen LogP contribution in [0.3, 0.4) is 0 Å². The number of nitrogens with two attached hydrogens (primary N) is 1. The number of piperidine rings is 1. The molecule has 0 aromatic rings. The summed E-state index contributed by atoms with van der Waals surface area (Å²) in [6.45, 7) is 8.29. The van der Waals surface area contributed by atoms with Crippen molar-refractivity contribution in [3.8, 4) is 0 Å². The van der Waals surface area contributed by atoms with Gasteiger partial charge in [-0.15, -0.1) is 0 Å². The molecule has 21 heavy (non-hydrogen) atoms. The molecule has 2 aliphatic heterocycles. The van der Waals surface area contributed by atoms with Crippen molar-refractivity contribution in [2.24, 2.45) is 17.6 Å². The summed E-state index contributed by atoms with van der Waals surface area (Å²) in [5, 5.41) is 3.37. The molecule has 120 valence electrons. The summed E-state index contributed by atoms with van der Waals surface area (Å²) in [6.07, 6.45) is 2.37. The van der Waals surface area contributed by atoms with Gasteiger partial charge in [0.25, 0.3) is 0 Å². The van der Waals surface area contributed by atoms with Gasteiger partial charge in [-0.05, 0) is 24.7 Å². The fraction of sp³-hybridized carbons (Fsp3) is 0.867. The molecule has 1 atom stereocenters. The summed E-state index contributed by atoms with van der Waals surface area (Å²) in [5.74, 6) is 1.13. The lowest BCUT2D eigenvalue weighted by Crippen LogP contribution is -2.56. The van der Waals surface area contributed by atoms with Gasteiger partial charge < -0.3 is 20.9 Å². The lowest BCUT2D eigenvalue weighted by atomic mass is 9.92. The highest BCUT2D eigenvalue weighted by Gasteiger charge is 2.31. The third kappa shape index (κ3) is 4.09. The van der Waals surface area contributed by atoms with Crippen molar-refractivity contribution in [1.82, 2.24) is 15.1 Å². The largest absolute Gasteiger partial charge is 0.351 e. The lowest BCUT2D eigenvalue weighted by molar-refractivity contribution is -0.136. The molecule has 6 heteroatoms. The molecule has 2 fully saturated rings. The fourth-order valence-electron chi connectivity index (χ4n) is 3.35. The first-order chi connectivity index (χ1) is 9.99. The maximum Gasteiger partial charge on any atom is 0.314 e. The monoisotopic (exact) mass is 296 g/mol. The number of urea groups is 1. The Balaban J connectivity index is 1.85. The van der Waals surface area contributed by atoms with Crippen molar-refractivity contribution in [3.05, 3.63) is 0 Å². The zero-order valence-electron chi connectivity index (χ0n) is 13.2. The average Bonchev–Trinajstić information content (AvgIpc) is 2.47. The van der Waals surface area contributed by atoms with Crippen LogP contribution in [0.5, 0.6) is 0 Å². The number of nitrogens with zero attached hydrogens (tertiary/aromatic N) is 2. The van der Waals surface area contributed by atoms with Crippen molar-refractivity contribution in [1.29, 1.82) is 0 Å². The van der Waals surface area contributed by atoms with Gasteiger partial charge in [-0.25, -0.2) is 4.79 Å². The highest BCUT2D eigenvalue weighted by Crippen LogP contribution is 2.23. The average molecular weight is 296 g/mol. The second-order valence-electron chi connectivity index (χ2n) is 6.58. The number of piperazine rings is 1. The molecule has 2 rings (SSSR count). The summed E-state index contributed by atoms with van der Waals surface area (Å²) in [6, 6.07) is -0.0429. The molecule has 6 nitrogen and oxygen atoms in total. The number of likely N-dealkylation sites (tertiary alicyclic amines) is 1. The molecule has 0 aromatic heterocycles. The van der Waals surface area contributed by atoms with E-state index < -0.39 is 0 Å². The van der Waals surface area contributed by atoms with E-state index >= 15 is 0 Å². The van der Waals surface area contributed by atoms with Crippen molar-refractivity contribution >= 4 is 11.9 Å². The van der Waals surface area contributed by atoms with Crippen LogP contribution in [0.15, 0.2) is 0 Å². The molecule has 0 spiro atoms. The van der Waals surface area contributed by atoms with Crippen LogP contribution in [0.2, 0.25) is 0 Å². The Labute approximate surface area is 127 Å². The van der Waals surface area contributed by atoms with Crippen molar-refractivity contribution in [2.75, 3.05) is 32.7 Å². The SMILES string of the molecule is CC(C)[C@H]1CNCCN1C(=O)CC1CCN(C(N)=O)CC1. The van der Waals surface area contributed by atoms with Gasteiger partial charge in [0.1, 0.15) is 0 Å². The van der Waals surface area contributed by atoms with Crippen molar-refractivity contribution in [2.45, 2.75) is 39.2 Å². The summed E-state index contributed by atoms with van der Waals surface area (Å²) >= 11 is 0. The normalized spacial score (nSPS) is 24.4.